The second-order valence-corrected chi connectivity index (χ2v) is 9.73. The summed E-state index contributed by atoms with van der Waals surface area (Å²) in [7, 11) is -2.00. The summed E-state index contributed by atoms with van der Waals surface area (Å²) in [6.07, 6.45) is 7.79. The number of ether oxygens (including phenoxy) is 1. The van der Waals surface area contributed by atoms with E-state index in [0.717, 1.165) is 28.1 Å². The SMILES string of the molecule is COc1ccnc(CCc2nc3ncc(-c4ccc(S(=O)(=O)n5ccc(C)c5)cc4)cc3o2)c1. The number of hydrogen-bond acceptors (Lipinski definition) is 7. The van der Waals surface area contributed by atoms with Gasteiger partial charge >= 0.3 is 0 Å². The Morgan fingerprint density at radius 3 is 2.56 bits per heavy atom. The molecular formula is C25H22N4O4S. The average Bonchev–Trinajstić information content (AvgIpc) is 3.48. The van der Waals surface area contributed by atoms with Crippen LogP contribution in [-0.2, 0) is 22.9 Å². The van der Waals surface area contributed by atoms with Gasteiger partial charge in [-0.2, -0.15) is 4.98 Å². The van der Waals surface area contributed by atoms with Gasteiger partial charge in [-0.15, -0.1) is 0 Å². The molecular weight excluding hydrogens is 452 g/mol. The number of aromatic nitrogens is 4. The van der Waals surface area contributed by atoms with Gasteiger partial charge in [0.05, 0.1) is 12.0 Å². The Kier molecular flexibility index (Phi) is 5.62. The molecule has 0 bridgehead atoms. The van der Waals surface area contributed by atoms with Crippen molar-refractivity contribution < 1.29 is 17.6 Å². The molecule has 5 aromatic rings. The predicted octanol–water partition coefficient (Wildman–Crippen LogP) is 4.43. The van der Waals surface area contributed by atoms with Crippen LogP contribution in [0.15, 0.2) is 82.6 Å². The van der Waals surface area contributed by atoms with E-state index in [2.05, 4.69) is 15.0 Å². The molecule has 0 radical (unpaired) electrons. The molecule has 0 unspecified atom stereocenters. The van der Waals surface area contributed by atoms with Crippen molar-refractivity contribution in [2.75, 3.05) is 7.11 Å². The highest BCUT2D eigenvalue weighted by Gasteiger charge is 2.17. The first kappa shape index (κ1) is 21.8. The summed E-state index contributed by atoms with van der Waals surface area (Å²) in [6, 6.07) is 14.0. The number of methoxy groups -OCH3 is 1. The molecule has 0 spiro atoms. The summed E-state index contributed by atoms with van der Waals surface area (Å²) < 4.78 is 38.0. The standard InChI is InChI=1S/C25H22N4O4S/c1-17-10-12-29(16-17)34(30,31)22-6-3-18(4-7-22)19-13-23-25(27-15-19)28-24(33-23)8-5-20-14-21(32-2)9-11-26-20/h3-4,6-7,9-16H,5,8H2,1-2H3. The van der Waals surface area contributed by atoms with Crippen LogP contribution in [0.25, 0.3) is 22.4 Å². The van der Waals surface area contributed by atoms with E-state index in [9.17, 15) is 8.42 Å². The molecule has 4 aromatic heterocycles. The number of benzene rings is 1. The van der Waals surface area contributed by atoms with Crippen molar-refractivity contribution in [3.8, 4) is 16.9 Å². The molecule has 5 rings (SSSR count). The number of pyridine rings is 2. The smallest absolute Gasteiger partial charge is 0.267 e. The first-order valence-corrected chi connectivity index (χ1v) is 12.1. The fraction of sp³-hybridized carbons (Fsp3) is 0.160. The summed E-state index contributed by atoms with van der Waals surface area (Å²) in [5.74, 6) is 1.34. The van der Waals surface area contributed by atoms with E-state index in [1.54, 1.807) is 68.3 Å². The van der Waals surface area contributed by atoms with E-state index < -0.39 is 10.0 Å². The quantitative estimate of drug-likeness (QED) is 0.344. The van der Waals surface area contributed by atoms with Crippen LogP contribution >= 0.6 is 0 Å². The number of rotatable bonds is 7. The van der Waals surface area contributed by atoms with E-state index in [1.165, 1.54) is 3.97 Å². The van der Waals surface area contributed by atoms with Crippen LogP contribution in [0, 0.1) is 6.92 Å². The lowest BCUT2D eigenvalue weighted by atomic mass is 10.1. The summed E-state index contributed by atoms with van der Waals surface area (Å²) in [6.45, 7) is 1.85. The molecule has 4 heterocycles. The molecule has 0 aliphatic carbocycles. The number of oxazole rings is 1. The van der Waals surface area contributed by atoms with Gasteiger partial charge in [0.25, 0.3) is 10.0 Å². The molecule has 34 heavy (non-hydrogen) atoms. The van der Waals surface area contributed by atoms with Crippen LogP contribution in [0.3, 0.4) is 0 Å². The van der Waals surface area contributed by atoms with Gasteiger partial charge in [-0.25, -0.2) is 17.4 Å². The number of fused-ring (bicyclic) bond motifs is 1. The molecule has 0 saturated heterocycles. The lowest BCUT2D eigenvalue weighted by Gasteiger charge is -2.07. The predicted molar refractivity (Wildman–Crippen MR) is 127 cm³/mol. The van der Waals surface area contributed by atoms with E-state index >= 15 is 0 Å². The van der Waals surface area contributed by atoms with Crippen molar-refractivity contribution in [1.29, 1.82) is 0 Å². The van der Waals surface area contributed by atoms with Crippen molar-refractivity contribution in [2.45, 2.75) is 24.7 Å². The van der Waals surface area contributed by atoms with E-state index in [1.807, 2.05) is 19.1 Å². The zero-order chi connectivity index (χ0) is 23.7. The van der Waals surface area contributed by atoms with Crippen molar-refractivity contribution >= 4 is 21.3 Å². The van der Waals surface area contributed by atoms with Gasteiger partial charge in [-0.3, -0.25) is 4.98 Å². The van der Waals surface area contributed by atoms with Gasteiger partial charge in [0, 0.05) is 48.5 Å². The Bertz CT molecular complexity index is 1570. The molecule has 1 aromatic carbocycles. The highest BCUT2D eigenvalue weighted by atomic mass is 32.2. The normalized spacial score (nSPS) is 11.7. The maximum atomic E-state index is 12.8. The molecule has 0 saturated carbocycles. The average molecular weight is 475 g/mol. The third kappa shape index (κ3) is 4.29. The number of aryl methyl sites for hydroxylation is 3. The van der Waals surface area contributed by atoms with Crippen molar-refractivity contribution in [3.05, 3.63) is 90.5 Å². The lowest BCUT2D eigenvalue weighted by molar-refractivity contribution is 0.413. The Balaban J connectivity index is 1.35. The first-order chi connectivity index (χ1) is 16.4. The van der Waals surface area contributed by atoms with Gasteiger partial charge in [0.2, 0.25) is 0 Å². The van der Waals surface area contributed by atoms with Crippen LogP contribution in [-0.4, -0.2) is 34.5 Å². The minimum atomic E-state index is -3.62. The van der Waals surface area contributed by atoms with Crippen molar-refractivity contribution in [1.82, 2.24) is 18.9 Å². The molecule has 0 aliphatic rings. The second kappa shape index (κ2) is 8.75. The Labute approximate surface area is 196 Å². The number of nitrogens with zero attached hydrogens (tertiary/aromatic N) is 4. The zero-order valence-electron chi connectivity index (χ0n) is 18.7. The fourth-order valence-corrected chi connectivity index (χ4v) is 4.90. The summed E-state index contributed by atoms with van der Waals surface area (Å²) in [5, 5.41) is 0. The minimum absolute atomic E-state index is 0.217. The Hall–Kier alpha value is -3.98. The van der Waals surface area contributed by atoms with Crippen LogP contribution in [0.5, 0.6) is 5.75 Å². The molecule has 0 atom stereocenters. The molecule has 9 heteroatoms. The molecule has 8 nitrogen and oxygen atoms in total. The highest BCUT2D eigenvalue weighted by molar-refractivity contribution is 7.90. The maximum absolute atomic E-state index is 12.8. The van der Waals surface area contributed by atoms with Crippen LogP contribution < -0.4 is 4.74 Å². The van der Waals surface area contributed by atoms with E-state index in [-0.39, 0.29) is 4.90 Å². The molecule has 0 aliphatic heterocycles. The Morgan fingerprint density at radius 1 is 1.00 bits per heavy atom. The van der Waals surface area contributed by atoms with Crippen molar-refractivity contribution in [2.24, 2.45) is 0 Å². The van der Waals surface area contributed by atoms with E-state index in [0.29, 0.717) is 30.0 Å². The highest BCUT2D eigenvalue weighted by Crippen LogP contribution is 2.26. The fourth-order valence-electron chi connectivity index (χ4n) is 3.65. The second-order valence-electron chi connectivity index (χ2n) is 7.89. The summed E-state index contributed by atoms with van der Waals surface area (Å²) in [5.41, 5.74) is 4.51. The van der Waals surface area contributed by atoms with Gasteiger partial charge in [0.1, 0.15) is 5.75 Å². The summed E-state index contributed by atoms with van der Waals surface area (Å²) >= 11 is 0. The van der Waals surface area contributed by atoms with Gasteiger partial charge in [0.15, 0.2) is 17.1 Å². The first-order valence-electron chi connectivity index (χ1n) is 10.7. The van der Waals surface area contributed by atoms with Crippen LogP contribution in [0.4, 0.5) is 0 Å². The maximum Gasteiger partial charge on any atom is 0.267 e. The Morgan fingerprint density at radius 2 is 1.82 bits per heavy atom. The summed E-state index contributed by atoms with van der Waals surface area (Å²) in [4.78, 5) is 13.4. The van der Waals surface area contributed by atoms with E-state index in [4.69, 9.17) is 9.15 Å². The topological polar surface area (TPSA) is 100 Å². The minimum Gasteiger partial charge on any atom is -0.497 e. The van der Waals surface area contributed by atoms with Crippen molar-refractivity contribution in [3.63, 3.8) is 0 Å². The molecule has 0 amide bonds. The molecule has 172 valence electrons. The lowest BCUT2D eigenvalue weighted by Crippen LogP contribution is -2.10. The third-order valence-electron chi connectivity index (χ3n) is 5.49. The molecule has 0 fully saturated rings. The van der Waals surface area contributed by atoms with Crippen LogP contribution in [0.2, 0.25) is 0 Å². The monoisotopic (exact) mass is 474 g/mol. The van der Waals surface area contributed by atoms with Gasteiger partial charge in [-0.1, -0.05) is 12.1 Å². The largest absolute Gasteiger partial charge is 0.497 e. The van der Waals surface area contributed by atoms with Gasteiger partial charge in [-0.05, 0) is 54.8 Å². The van der Waals surface area contributed by atoms with Crippen LogP contribution in [0.1, 0.15) is 17.1 Å². The molecule has 0 N–H and O–H groups in total. The van der Waals surface area contributed by atoms with Gasteiger partial charge < -0.3 is 9.15 Å². The number of hydrogen-bond donors (Lipinski definition) is 0. The third-order valence-corrected chi connectivity index (χ3v) is 7.14. The zero-order valence-corrected chi connectivity index (χ0v) is 19.5.